The number of guanidine groups is 1. The molecule has 0 saturated heterocycles. The lowest BCUT2D eigenvalue weighted by atomic mass is 10.1. The average molecular weight is 465 g/mol. The molecule has 0 bridgehead atoms. The highest BCUT2D eigenvalue weighted by Crippen LogP contribution is 1.98. The summed E-state index contributed by atoms with van der Waals surface area (Å²) in [6.07, 6.45) is 1.55. The van der Waals surface area contributed by atoms with Gasteiger partial charge in [0.25, 0.3) is 0 Å². The van der Waals surface area contributed by atoms with Gasteiger partial charge < -0.3 is 25.7 Å². The highest BCUT2D eigenvalue weighted by atomic mass is 127. The summed E-state index contributed by atoms with van der Waals surface area (Å²) in [5, 5.41) is 11.4. The predicted octanol–water partition coefficient (Wildman–Crippen LogP) is 0.984. The van der Waals surface area contributed by atoms with Crippen molar-refractivity contribution < 1.29 is 14.0 Å². The fraction of sp³-hybridized carbons (Fsp3) is 0.562. The van der Waals surface area contributed by atoms with Crippen LogP contribution in [0.15, 0.2) is 27.8 Å². The van der Waals surface area contributed by atoms with Crippen molar-refractivity contribution in [1.29, 1.82) is 0 Å². The molecule has 0 aliphatic rings. The Morgan fingerprint density at radius 2 is 1.88 bits per heavy atom. The lowest BCUT2D eigenvalue weighted by Gasteiger charge is -2.20. The zero-order valence-corrected chi connectivity index (χ0v) is 17.5. The van der Waals surface area contributed by atoms with E-state index in [9.17, 15) is 9.59 Å². The predicted molar refractivity (Wildman–Crippen MR) is 108 cm³/mol. The molecule has 2 amide bonds. The van der Waals surface area contributed by atoms with Gasteiger partial charge in [-0.1, -0.05) is 0 Å². The van der Waals surface area contributed by atoms with Gasteiger partial charge in [0.2, 0.25) is 11.8 Å². The first-order valence-electron chi connectivity index (χ1n) is 7.92. The summed E-state index contributed by atoms with van der Waals surface area (Å²) in [5.74, 6) is 0.718. The van der Waals surface area contributed by atoms with E-state index in [-0.39, 0.29) is 54.4 Å². The van der Waals surface area contributed by atoms with Gasteiger partial charge in [0.15, 0.2) is 5.96 Å². The van der Waals surface area contributed by atoms with E-state index in [0.717, 1.165) is 0 Å². The monoisotopic (exact) mass is 465 g/mol. The van der Waals surface area contributed by atoms with Crippen molar-refractivity contribution in [2.75, 3.05) is 19.6 Å². The van der Waals surface area contributed by atoms with E-state index < -0.39 is 0 Å². The molecule has 9 heteroatoms. The number of hydrogen-bond acceptors (Lipinski definition) is 4. The molecule has 142 valence electrons. The van der Waals surface area contributed by atoms with Crippen LogP contribution in [0.3, 0.4) is 0 Å². The average Bonchev–Trinajstić information content (AvgIpc) is 2.99. The highest BCUT2D eigenvalue weighted by molar-refractivity contribution is 14.0. The third-order valence-corrected chi connectivity index (χ3v) is 2.70. The number of rotatable bonds is 7. The summed E-state index contributed by atoms with van der Waals surface area (Å²) >= 11 is 0. The van der Waals surface area contributed by atoms with Crippen molar-refractivity contribution >= 4 is 41.8 Å². The molecule has 0 fully saturated rings. The van der Waals surface area contributed by atoms with Gasteiger partial charge in [-0.2, -0.15) is 0 Å². The number of hydrogen-bond donors (Lipinski definition) is 4. The largest absolute Gasteiger partial charge is 0.467 e. The summed E-state index contributed by atoms with van der Waals surface area (Å²) in [5.41, 5.74) is -0.301. The Hall–Kier alpha value is -1.78. The minimum absolute atomic E-state index is 0. The topological polar surface area (TPSA) is 108 Å². The summed E-state index contributed by atoms with van der Waals surface area (Å²) in [6, 6.07) is 3.55. The molecule has 1 rings (SSSR count). The van der Waals surface area contributed by atoms with Gasteiger partial charge in [0.1, 0.15) is 12.3 Å². The van der Waals surface area contributed by atoms with Gasteiger partial charge in [0, 0.05) is 12.1 Å². The molecule has 0 unspecified atom stereocenters. The van der Waals surface area contributed by atoms with Gasteiger partial charge in [-0.3, -0.25) is 9.59 Å². The Morgan fingerprint density at radius 1 is 1.16 bits per heavy atom. The van der Waals surface area contributed by atoms with Gasteiger partial charge >= 0.3 is 0 Å². The van der Waals surface area contributed by atoms with E-state index in [1.54, 1.807) is 18.4 Å². The molecule has 1 heterocycles. The Kier molecular flexibility index (Phi) is 10.9. The first-order chi connectivity index (χ1) is 11.3. The normalized spacial score (nSPS) is 11.3. The van der Waals surface area contributed by atoms with Crippen LogP contribution in [0, 0.1) is 0 Å². The summed E-state index contributed by atoms with van der Waals surface area (Å²) in [6.45, 7) is 8.61. The number of amides is 2. The molecule has 8 nitrogen and oxygen atoms in total. The van der Waals surface area contributed by atoms with E-state index in [2.05, 4.69) is 26.3 Å². The van der Waals surface area contributed by atoms with Crippen LogP contribution in [0.25, 0.3) is 0 Å². The van der Waals surface area contributed by atoms with Crippen LogP contribution in [0.1, 0.15) is 33.5 Å². The first kappa shape index (κ1) is 23.2. The zero-order valence-electron chi connectivity index (χ0n) is 15.1. The summed E-state index contributed by atoms with van der Waals surface area (Å²) in [7, 11) is 0. The lowest BCUT2D eigenvalue weighted by Crippen LogP contribution is -2.45. The third-order valence-electron chi connectivity index (χ3n) is 2.70. The van der Waals surface area contributed by atoms with Gasteiger partial charge in [-0.05, 0) is 39.8 Å². The van der Waals surface area contributed by atoms with E-state index in [1.807, 2.05) is 27.7 Å². The second-order valence-electron chi connectivity index (χ2n) is 6.20. The van der Waals surface area contributed by atoms with E-state index in [1.165, 1.54) is 0 Å². The first-order valence-corrected chi connectivity index (χ1v) is 7.92. The van der Waals surface area contributed by atoms with Gasteiger partial charge in [-0.15, -0.1) is 24.0 Å². The Bertz CT molecular complexity index is 553. The van der Waals surface area contributed by atoms with Crippen LogP contribution >= 0.6 is 24.0 Å². The van der Waals surface area contributed by atoms with E-state index in [0.29, 0.717) is 24.8 Å². The number of carbonyl (C=O) groups excluding carboxylic acids is 2. The molecule has 0 atom stereocenters. The van der Waals surface area contributed by atoms with Crippen molar-refractivity contribution in [3.8, 4) is 0 Å². The molecule has 4 N–H and O–H groups in total. The number of nitrogens with zero attached hydrogens (tertiary/aromatic N) is 1. The Labute approximate surface area is 165 Å². The highest BCUT2D eigenvalue weighted by Gasteiger charge is 2.13. The summed E-state index contributed by atoms with van der Waals surface area (Å²) < 4.78 is 5.14. The SMILES string of the molecule is CCNC(=NCC(=O)NC(C)(C)C)NCC(=O)NCc1ccco1.I. The number of aliphatic imine (C=N–C) groups is 1. The van der Waals surface area contributed by atoms with Crippen molar-refractivity contribution in [2.45, 2.75) is 39.8 Å². The Balaban J connectivity index is 0.00000576. The standard InChI is InChI=1S/C16H27N5O3.HI/c1-5-17-15(20-11-14(23)21-16(2,3)4)19-10-13(22)18-9-12-7-6-8-24-12;/h6-8H,5,9-11H2,1-4H3,(H,18,22)(H,21,23)(H2,17,19,20);1H. The number of halogens is 1. The fourth-order valence-electron chi connectivity index (χ4n) is 1.78. The minimum atomic E-state index is -0.301. The quantitative estimate of drug-likeness (QED) is 0.273. The minimum Gasteiger partial charge on any atom is -0.467 e. The number of carbonyl (C=O) groups is 2. The third kappa shape index (κ3) is 11.4. The maximum absolute atomic E-state index is 11.8. The van der Waals surface area contributed by atoms with Crippen LogP contribution in [0.2, 0.25) is 0 Å². The van der Waals surface area contributed by atoms with Crippen molar-refractivity contribution in [1.82, 2.24) is 21.3 Å². The van der Waals surface area contributed by atoms with Crippen molar-refractivity contribution in [3.63, 3.8) is 0 Å². The maximum atomic E-state index is 11.8. The molecule has 0 saturated carbocycles. The van der Waals surface area contributed by atoms with Crippen LogP contribution < -0.4 is 21.3 Å². The Morgan fingerprint density at radius 3 is 2.44 bits per heavy atom. The van der Waals surface area contributed by atoms with Crippen LogP contribution in [0.5, 0.6) is 0 Å². The molecule has 1 aromatic heterocycles. The molecule has 0 aliphatic heterocycles. The lowest BCUT2D eigenvalue weighted by molar-refractivity contribution is -0.121. The van der Waals surface area contributed by atoms with Crippen molar-refractivity contribution in [3.05, 3.63) is 24.2 Å². The summed E-state index contributed by atoms with van der Waals surface area (Å²) in [4.78, 5) is 27.7. The van der Waals surface area contributed by atoms with Gasteiger partial charge in [-0.25, -0.2) is 4.99 Å². The van der Waals surface area contributed by atoms with E-state index in [4.69, 9.17) is 4.42 Å². The van der Waals surface area contributed by atoms with E-state index >= 15 is 0 Å². The second kappa shape index (κ2) is 11.7. The zero-order chi connectivity index (χ0) is 18.0. The van der Waals surface area contributed by atoms with Gasteiger partial charge in [0.05, 0.1) is 19.4 Å². The molecule has 0 radical (unpaired) electrons. The maximum Gasteiger partial charge on any atom is 0.242 e. The fourth-order valence-corrected chi connectivity index (χ4v) is 1.78. The molecular formula is C16H28IN5O3. The smallest absolute Gasteiger partial charge is 0.242 e. The molecule has 0 spiro atoms. The molecule has 1 aromatic rings. The van der Waals surface area contributed by atoms with Crippen LogP contribution in [0.4, 0.5) is 0 Å². The number of furan rings is 1. The van der Waals surface area contributed by atoms with Crippen LogP contribution in [-0.2, 0) is 16.1 Å². The number of nitrogens with one attached hydrogen (secondary N) is 4. The molecule has 25 heavy (non-hydrogen) atoms. The second-order valence-corrected chi connectivity index (χ2v) is 6.20. The van der Waals surface area contributed by atoms with Crippen LogP contribution in [-0.4, -0.2) is 42.9 Å². The molecule has 0 aromatic carbocycles. The molecular weight excluding hydrogens is 437 g/mol. The van der Waals surface area contributed by atoms with Crippen molar-refractivity contribution in [2.24, 2.45) is 4.99 Å². The molecule has 0 aliphatic carbocycles.